The standard InChI is InChI=1S/C27H30FN3O4S/c1-4-21-14-16-23(17-15-21)31(36(34,35)24-11-6-5-7-12-24)19-26(32)30(20(2)27(33)29-3)18-22-10-8-9-13-25(22)28/h5-17,20H,4,18-19H2,1-3H3,(H,29,33)/t20-/m0/s1. The SMILES string of the molecule is CCc1ccc(N(CC(=O)N(Cc2ccccc2F)[C@@H](C)C(=O)NC)S(=O)(=O)c2ccccc2)cc1. The lowest BCUT2D eigenvalue weighted by atomic mass is 10.1. The van der Waals surface area contributed by atoms with Gasteiger partial charge >= 0.3 is 0 Å². The van der Waals surface area contributed by atoms with Gasteiger partial charge in [-0.05, 0) is 49.2 Å². The van der Waals surface area contributed by atoms with E-state index in [0.29, 0.717) is 5.69 Å². The number of benzene rings is 3. The highest BCUT2D eigenvalue weighted by Gasteiger charge is 2.32. The molecule has 0 spiro atoms. The lowest BCUT2D eigenvalue weighted by Crippen LogP contribution is -2.50. The number of nitrogens with zero attached hydrogens (tertiary/aromatic N) is 2. The first kappa shape index (κ1) is 26.9. The second-order valence-electron chi connectivity index (χ2n) is 8.25. The predicted octanol–water partition coefficient (Wildman–Crippen LogP) is 3.75. The molecule has 0 radical (unpaired) electrons. The molecule has 3 aromatic carbocycles. The number of amides is 2. The zero-order valence-electron chi connectivity index (χ0n) is 20.5. The molecular weight excluding hydrogens is 481 g/mol. The quantitative estimate of drug-likeness (QED) is 0.449. The maximum atomic E-state index is 14.4. The molecule has 190 valence electrons. The Labute approximate surface area is 211 Å². The van der Waals surface area contributed by atoms with Crippen LogP contribution in [-0.4, -0.2) is 44.8 Å². The minimum absolute atomic E-state index is 0.0253. The van der Waals surface area contributed by atoms with Gasteiger partial charge in [-0.15, -0.1) is 0 Å². The van der Waals surface area contributed by atoms with Crippen molar-refractivity contribution in [1.29, 1.82) is 0 Å². The van der Waals surface area contributed by atoms with Gasteiger partial charge in [0.1, 0.15) is 18.4 Å². The summed E-state index contributed by atoms with van der Waals surface area (Å²) in [5, 5.41) is 2.50. The van der Waals surface area contributed by atoms with Gasteiger partial charge in [0.25, 0.3) is 10.0 Å². The second-order valence-corrected chi connectivity index (χ2v) is 10.1. The van der Waals surface area contributed by atoms with Gasteiger partial charge in [-0.2, -0.15) is 0 Å². The van der Waals surface area contributed by atoms with E-state index in [4.69, 9.17) is 0 Å². The summed E-state index contributed by atoms with van der Waals surface area (Å²) < 4.78 is 42.7. The Kier molecular flexibility index (Phi) is 8.82. The highest BCUT2D eigenvalue weighted by molar-refractivity contribution is 7.92. The van der Waals surface area contributed by atoms with Gasteiger partial charge in [-0.1, -0.05) is 55.5 Å². The lowest BCUT2D eigenvalue weighted by Gasteiger charge is -2.31. The topological polar surface area (TPSA) is 86.8 Å². The minimum atomic E-state index is -4.12. The number of halogens is 1. The third-order valence-corrected chi connectivity index (χ3v) is 7.74. The van der Waals surface area contributed by atoms with Gasteiger partial charge in [-0.3, -0.25) is 13.9 Å². The summed E-state index contributed by atoms with van der Waals surface area (Å²) in [7, 11) is -2.69. The van der Waals surface area contributed by atoms with Crippen molar-refractivity contribution in [2.75, 3.05) is 17.9 Å². The van der Waals surface area contributed by atoms with Crippen molar-refractivity contribution in [2.45, 2.75) is 37.8 Å². The summed E-state index contributed by atoms with van der Waals surface area (Å²) in [4.78, 5) is 27.3. The molecule has 0 fully saturated rings. The molecule has 3 rings (SSSR count). The third-order valence-electron chi connectivity index (χ3n) is 5.95. The lowest BCUT2D eigenvalue weighted by molar-refractivity contribution is -0.139. The zero-order valence-corrected chi connectivity index (χ0v) is 21.3. The van der Waals surface area contributed by atoms with Crippen molar-refractivity contribution in [3.05, 3.63) is 95.8 Å². The molecule has 0 saturated heterocycles. The van der Waals surface area contributed by atoms with E-state index in [2.05, 4.69) is 5.32 Å². The molecule has 0 unspecified atom stereocenters. The maximum absolute atomic E-state index is 14.4. The van der Waals surface area contributed by atoms with Crippen molar-refractivity contribution in [2.24, 2.45) is 0 Å². The van der Waals surface area contributed by atoms with E-state index in [-0.39, 0.29) is 17.0 Å². The number of anilines is 1. The Morgan fingerprint density at radius 1 is 0.944 bits per heavy atom. The van der Waals surface area contributed by atoms with E-state index in [9.17, 15) is 22.4 Å². The summed E-state index contributed by atoms with van der Waals surface area (Å²) >= 11 is 0. The summed E-state index contributed by atoms with van der Waals surface area (Å²) in [5.74, 6) is -1.62. The first-order valence-corrected chi connectivity index (χ1v) is 13.0. The number of carbonyl (C=O) groups excluding carboxylic acids is 2. The first-order chi connectivity index (χ1) is 17.2. The van der Waals surface area contributed by atoms with E-state index in [0.717, 1.165) is 16.3 Å². The monoisotopic (exact) mass is 511 g/mol. The highest BCUT2D eigenvalue weighted by Crippen LogP contribution is 2.25. The summed E-state index contributed by atoms with van der Waals surface area (Å²) in [6.07, 6.45) is 0.769. The number of aryl methyl sites for hydroxylation is 1. The molecule has 2 amide bonds. The van der Waals surface area contributed by atoms with E-state index >= 15 is 0 Å². The van der Waals surface area contributed by atoms with Crippen LogP contribution in [0.1, 0.15) is 25.0 Å². The van der Waals surface area contributed by atoms with Crippen LogP contribution in [0.25, 0.3) is 0 Å². The molecule has 3 aromatic rings. The Morgan fingerprint density at radius 3 is 2.14 bits per heavy atom. The van der Waals surface area contributed by atoms with Crippen molar-refractivity contribution < 1.29 is 22.4 Å². The van der Waals surface area contributed by atoms with Crippen LogP contribution in [0.3, 0.4) is 0 Å². The fourth-order valence-corrected chi connectivity index (χ4v) is 5.18. The van der Waals surface area contributed by atoms with Gasteiger partial charge in [0, 0.05) is 19.2 Å². The molecular formula is C27H30FN3O4S. The van der Waals surface area contributed by atoms with Gasteiger partial charge in [-0.25, -0.2) is 12.8 Å². The molecule has 0 aromatic heterocycles. The fraction of sp³-hybridized carbons (Fsp3) is 0.259. The molecule has 0 bridgehead atoms. The normalized spacial score (nSPS) is 12.0. The van der Waals surface area contributed by atoms with Crippen LogP contribution in [0, 0.1) is 5.82 Å². The van der Waals surface area contributed by atoms with Crippen LogP contribution in [0.4, 0.5) is 10.1 Å². The van der Waals surface area contributed by atoms with Crippen LogP contribution < -0.4 is 9.62 Å². The molecule has 0 saturated carbocycles. The smallest absolute Gasteiger partial charge is 0.264 e. The van der Waals surface area contributed by atoms with Crippen molar-refractivity contribution >= 4 is 27.5 Å². The van der Waals surface area contributed by atoms with Crippen molar-refractivity contribution in [3.8, 4) is 0 Å². The van der Waals surface area contributed by atoms with Crippen LogP contribution in [0.5, 0.6) is 0 Å². The number of sulfonamides is 1. The summed E-state index contributed by atoms with van der Waals surface area (Å²) in [5.41, 5.74) is 1.53. The predicted molar refractivity (Wildman–Crippen MR) is 137 cm³/mol. The fourth-order valence-electron chi connectivity index (χ4n) is 3.75. The van der Waals surface area contributed by atoms with Gasteiger partial charge in [0.15, 0.2) is 0 Å². The molecule has 9 heteroatoms. The number of carbonyl (C=O) groups is 2. The Bertz CT molecular complexity index is 1300. The van der Waals surface area contributed by atoms with E-state index in [1.807, 2.05) is 6.92 Å². The minimum Gasteiger partial charge on any atom is -0.357 e. The third kappa shape index (κ3) is 6.09. The number of hydrogen-bond donors (Lipinski definition) is 1. The maximum Gasteiger partial charge on any atom is 0.264 e. The Morgan fingerprint density at radius 2 is 1.56 bits per heavy atom. The van der Waals surface area contributed by atoms with Gasteiger partial charge < -0.3 is 10.2 Å². The zero-order chi connectivity index (χ0) is 26.3. The van der Waals surface area contributed by atoms with Gasteiger partial charge in [0.2, 0.25) is 11.8 Å². The molecule has 1 atom stereocenters. The number of rotatable bonds is 10. The van der Waals surface area contributed by atoms with Crippen molar-refractivity contribution in [3.63, 3.8) is 0 Å². The van der Waals surface area contributed by atoms with Crippen molar-refractivity contribution in [1.82, 2.24) is 10.2 Å². The van der Waals surface area contributed by atoms with Crippen LogP contribution in [0.2, 0.25) is 0 Å². The molecule has 7 nitrogen and oxygen atoms in total. The Balaban J connectivity index is 2.03. The average Bonchev–Trinajstić information content (AvgIpc) is 2.90. The number of likely N-dealkylation sites (N-methyl/N-ethyl adjacent to an activating group) is 1. The van der Waals surface area contributed by atoms with Crippen LogP contribution in [0.15, 0.2) is 83.8 Å². The molecule has 0 heterocycles. The molecule has 0 aliphatic heterocycles. The second kappa shape index (κ2) is 11.8. The highest BCUT2D eigenvalue weighted by atomic mass is 32.2. The number of hydrogen-bond acceptors (Lipinski definition) is 4. The first-order valence-electron chi connectivity index (χ1n) is 11.6. The molecule has 1 N–H and O–H groups in total. The summed E-state index contributed by atoms with van der Waals surface area (Å²) in [6, 6.07) is 19.7. The largest absolute Gasteiger partial charge is 0.357 e. The molecule has 0 aliphatic rings. The number of nitrogens with one attached hydrogen (secondary N) is 1. The van der Waals surface area contributed by atoms with Gasteiger partial charge in [0.05, 0.1) is 10.6 Å². The van der Waals surface area contributed by atoms with Crippen LogP contribution >= 0.6 is 0 Å². The average molecular weight is 512 g/mol. The van der Waals surface area contributed by atoms with E-state index < -0.39 is 40.2 Å². The Hall–Kier alpha value is -3.72. The summed E-state index contributed by atoms with van der Waals surface area (Å²) in [6.45, 7) is 2.73. The molecule has 36 heavy (non-hydrogen) atoms. The van der Waals surface area contributed by atoms with E-state index in [1.54, 1.807) is 48.5 Å². The molecule has 0 aliphatic carbocycles. The van der Waals surface area contributed by atoms with Crippen LogP contribution in [-0.2, 0) is 32.6 Å². The van der Waals surface area contributed by atoms with E-state index in [1.165, 1.54) is 49.2 Å².